The van der Waals surface area contributed by atoms with Gasteiger partial charge in [0, 0.05) is 7.05 Å². The number of aliphatic imine (C=N–C) groups is 1. The van der Waals surface area contributed by atoms with Crippen molar-refractivity contribution in [1.82, 2.24) is 15.5 Å². The molecule has 2 heterocycles. The number of hydrogen-bond donors (Lipinski definition) is 2. The molecule has 2 N–H and O–H groups in total. The van der Waals surface area contributed by atoms with Crippen molar-refractivity contribution in [2.75, 3.05) is 7.05 Å². The van der Waals surface area contributed by atoms with E-state index < -0.39 is 17.7 Å². The van der Waals surface area contributed by atoms with Crippen molar-refractivity contribution in [2.24, 2.45) is 4.99 Å². The highest BCUT2D eigenvalue weighted by atomic mass is 16.2. The van der Waals surface area contributed by atoms with Crippen molar-refractivity contribution < 1.29 is 9.59 Å². The van der Waals surface area contributed by atoms with Gasteiger partial charge >= 0.3 is 6.03 Å². The molecule has 1 fully saturated rings. The zero-order valence-corrected chi connectivity index (χ0v) is 7.37. The second-order valence-corrected chi connectivity index (χ2v) is 3.34. The van der Waals surface area contributed by atoms with Crippen molar-refractivity contribution in [3.63, 3.8) is 0 Å². The number of carbonyl (C=O) groups is 2. The Kier molecular flexibility index (Phi) is 1.37. The minimum absolute atomic E-state index is 0.265. The molecule has 2 atom stereocenters. The lowest BCUT2D eigenvalue weighted by atomic mass is 9.96. The smallest absolute Gasteiger partial charge is 0.325 e. The largest absolute Gasteiger partial charge is 0.359 e. The lowest BCUT2D eigenvalue weighted by Crippen LogP contribution is -2.69. The number of imide groups is 1. The van der Waals surface area contributed by atoms with E-state index in [4.69, 9.17) is 0 Å². The fourth-order valence-corrected chi connectivity index (χ4v) is 1.49. The summed E-state index contributed by atoms with van der Waals surface area (Å²) in [5.74, 6) is -0.265. The fourth-order valence-electron chi connectivity index (χ4n) is 1.49. The first-order valence-corrected chi connectivity index (χ1v) is 3.94. The number of nitrogens with zero attached hydrogens (tertiary/aromatic N) is 2. The molecule has 0 radical (unpaired) electrons. The van der Waals surface area contributed by atoms with Crippen LogP contribution in [0.5, 0.6) is 0 Å². The minimum Gasteiger partial charge on any atom is -0.359 e. The summed E-state index contributed by atoms with van der Waals surface area (Å²) in [6.45, 7) is 1.71. The van der Waals surface area contributed by atoms with Crippen LogP contribution in [0.2, 0.25) is 0 Å². The van der Waals surface area contributed by atoms with Gasteiger partial charge in [-0.25, -0.2) is 9.79 Å². The summed E-state index contributed by atoms with van der Waals surface area (Å²) in [5, 5.41) is 5.44. The van der Waals surface area contributed by atoms with E-state index in [1.165, 1.54) is 13.4 Å². The zero-order valence-electron chi connectivity index (χ0n) is 7.37. The number of fused-ring (bicyclic) bond motifs is 1. The van der Waals surface area contributed by atoms with Gasteiger partial charge in [0.05, 0.1) is 6.34 Å². The SMILES string of the molecule is CN1C(=O)NC2N=CNC2(C)C1=O. The lowest BCUT2D eigenvalue weighted by Gasteiger charge is -2.37. The summed E-state index contributed by atoms with van der Waals surface area (Å²) in [6.07, 6.45) is 0.964. The summed E-state index contributed by atoms with van der Waals surface area (Å²) in [5.41, 5.74) is -0.817. The van der Waals surface area contributed by atoms with Crippen LogP contribution in [0.4, 0.5) is 4.79 Å². The molecular formula is C7H10N4O2. The third-order valence-electron chi connectivity index (χ3n) is 2.45. The monoisotopic (exact) mass is 182 g/mol. The van der Waals surface area contributed by atoms with Crippen molar-refractivity contribution in [3.05, 3.63) is 0 Å². The Labute approximate surface area is 75.0 Å². The Morgan fingerprint density at radius 3 is 3.00 bits per heavy atom. The van der Waals surface area contributed by atoms with E-state index in [0.717, 1.165) is 4.90 Å². The van der Waals surface area contributed by atoms with Crippen LogP contribution in [0, 0.1) is 0 Å². The van der Waals surface area contributed by atoms with Crippen molar-refractivity contribution in [2.45, 2.75) is 18.6 Å². The molecule has 6 nitrogen and oxygen atoms in total. The normalized spacial score (nSPS) is 37.1. The van der Waals surface area contributed by atoms with Gasteiger partial charge < -0.3 is 10.6 Å². The number of nitrogens with one attached hydrogen (secondary N) is 2. The molecule has 2 unspecified atom stereocenters. The van der Waals surface area contributed by atoms with Crippen molar-refractivity contribution in [3.8, 4) is 0 Å². The van der Waals surface area contributed by atoms with Gasteiger partial charge in [-0.1, -0.05) is 0 Å². The molecule has 0 aromatic heterocycles. The van der Waals surface area contributed by atoms with Gasteiger partial charge in [-0.2, -0.15) is 0 Å². The molecule has 0 aromatic rings. The van der Waals surface area contributed by atoms with Gasteiger partial charge in [-0.15, -0.1) is 0 Å². The van der Waals surface area contributed by atoms with Crippen molar-refractivity contribution >= 4 is 18.3 Å². The standard InChI is InChI=1S/C7H10N4O2/c1-7-4(8-3-9-7)10-6(13)11(2)5(7)12/h3-4H,1-2H3,(H,8,9)(H,10,13). The van der Waals surface area contributed by atoms with E-state index in [2.05, 4.69) is 15.6 Å². The molecule has 0 saturated carbocycles. The molecule has 3 amide bonds. The highest BCUT2D eigenvalue weighted by molar-refractivity contribution is 6.04. The van der Waals surface area contributed by atoms with Crippen LogP contribution in [0.3, 0.4) is 0 Å². The predicted molar refractivity (Wildman–Crippen MR) is 45.1 cm³/mol. The number of amides is 3. The minimum atomic E-state index is -0.817. The summed E-state index contributed by atoms with van der Waals surface area (Å²) in [4.78, 5) is 27.8. The van der Waals surface area contributed by atoms with E-state index >= 15 is 0 Å². The summed E-state index contributed by atoms with van der Waals surface area (Å²) in [7, 11) is 1.44. The second-order valence-electron chi connectivity index (χ2n) is 3.34. The second kappa shape index (κ2) is 2.21. The van der Waals surface area contributed by atoms with Crippen LogP contribution in [-0.4, -0.2) is 41.9 Å². The predicted octanol–water partition coefficient (Wildman–Crippen LogP) is -1.12. The highest BCUT2D eigenvalue weighted by Crippen LogP contribution is 2.21. The van der Waals surface area contributed by atoms with E-state index in [9.17, 15) is 9.59 Å². The number of carbonyl (C=O) groups excluding carboxylic acids is 2. The Morgan fingerprint density at radius 2 is 2.31 bits per heavy atom. The van der Waals surface area contributed by atoms with Crippen LogP contribution >= 0.6 is 0 Å². The van der Waals surface area contributed by atoms with Gasteiger partial charge in [0.15, 0.2) is 11.7 Å². The number of urea groups is 1. The van der Waals surface area contributed by atoms with Gasteiger partial charge in [-0.3, -0.25) is 9.69 Å². The van der Waals surface area contributed by atoms with Crippen LogP contribution in [0.25, 0.3) is 0 Å². The van der Waals surface area contributed by atoms with E-state index in [1.54, 1.807) is 6.92 Å². The molecule has 2 rings (SSSR count). The lowest BCUT2D eigenvalue weighted by molar-refractivity contribution is -0.135. The molecule has 0 aromatic carbocycles. The maximum absolute atomic E-state index is 11.7. The number of hydrogen-bond acceptors (Lipinski definition) is 4. The summed E-state index contributed by atoms with van der Waals surface area (Å²) < 4.78 is 0. The molecule has 2 aliphatic rings. The van der Waals surface area contributed by atoms with Gasteiger partial charge in [0.1, 0.15) is 0 Å². The Morgan fingerprint density at radius 1 is 1.62 bits per heavy atom. The number of likely N-dealkylation sites (N-methyl/N-ethyl adjacent to an activating group) is 1. The van der Waals surface area contributed by atoms with Gasteiger partial charge in [-0.05, 0) is 6.92 Å². The van der Waals surface area contributed by atoms with E-state index in [0.29, 0.717) is 0 Å². The quantitative estimate of drug-likeness (QED) is 0.498. The van der Waals surface area contributed by atoms with Crippen molar-refractivity contribution in [1.29, 1.82) is 0 Å². The molecular weight excluding hydrogens is 172 g/mol. The Hall–Kier alpha value is -1.59. The average Bonchev–Trinajstić information content (AvgIpc) is 2.45. The van der Waals surface area contributed by atoms with Gasteiger partial charge in [0.2, 0.25) is 0 Å². The molecule has 0 bridgehead atoms. The first-order valence-electron chi connectivity index (χ1n) is 3.94. The van der Waals surface area contributed by atoms with Crippen LogP contribution in [0.1, 0.15) is 6.92 Å². The summed E-state index contributed by atoms with van der Waals surface area (Å²) in [6, 6.07) is -0.409. The third kappa shape index (κ3) is 0.851. The van der Waals surface area contributed by atoms with E-state index in [-0.39, 0.29) is 5.91 Å². The zero-order chi connectivity index (χ0) is 9.64. The molecule has 13 heavy (non-hydrogen) atoms. The third-order valence-corrected chi connectivity index (χ3v) is 2.45. The molecule has 0 spiro atoms. The van der Waals surface area contributed by atoms with Crippen LogP contribution < -0.4 is 10.6 Å². The van der Waals surface area contributed by atoms with Crippen LogP contribution in [0.15, 0.2) is 4.99 Å². The Balaban J connectivity index is 2.36. The molecule has 70 valence electrons. The maximum atomic E-state index is 11.7. The van der Waals surface area contributed by atoms with Gasteiger partial charge in [0.25, 0.3) is 5.91 Å². The first-order chi connectivity index (χ1) is 6.05. The summed E-state index contributed by atoms with van der Waals surface area (Å²) >= 11 is 0. The molecule has 6 heteroatoms. The Bertz CT molecular complexity index is 314. The van der Waals surface area contributed by atoms with E-state index in [1.807, 2.05) is 0 Å². The molecule has 2 aliphatic heterocycles. The topological polar surface area (TPSA) is 73.8 Å². The maximum Gasteiger partial charge on any atom is 0.325 e. The fraction of sp³-hybridized carbons (Fsp3) is 0.571. The highest BCUT2D eigenvalue weighted by Gasteiger charge is 2.51. The molecule has 0 aliphatic carbocycles. The number of rotatable bonds is 0. The van der Waals surface area contributed by atoms with Crippen LogP contribution in [-0.2, 0) is 4.79 Å². The first kappa shape index (κ1) is 8.03. The molecule has 1 saturated heterocycles. The average molecular weight is 182 g/mol.